The number of nitrogens with zero attached hydrogens (tertiary/aromatic N) is 5. The normalized spacial score (nSPS) is 15.8. The van der Waals surface area contributed by atoms with E-state index in [1.54, 1.807) is 7.11 Å². The average Bonchev–Trinajstić information content (AvgIpc) is 3.29. The van der Waals surface area contributed by atoms with Gasteiger partial charge in [-0.1, -0.05) is 20.3 Å². The summed E-state index contributed by atoms with van der Waals surface area (Å²) in [5.41, 5.74) is 2.94. The molecule has 1 amide bonds. The Morgan fingerprint density at radius 1 is 0.974 bits per heavy atom. The lowest BCUT2D eigenvalue weighted by Crippen LogP contribution is -2.44. The fourth-order valence-corrected chi connectivity index (χ4v) is 5.23. The van der Waals surface area contributed by atoms with Crippen LogP contribution in [-0.4, -0.2) is 69.1 Å². The van der Waals surface area contributed by atoms with E-state index in [-0.39, 0.29) is 18.0 Å². The number of anilines is 2. The third-order valence-corrected chi connectivity index (χ3v) is 7.83. The molecular weight excluding hydrogens is 476 g/mol. The Labute approximate surface area is 227 Å². The predicted octanol–water partition coefficient (Wildman–Crippen LogP) is 6.10. The number of benzene rings is 1. The number of aromatic nitrogens is 3. The number of carbonyl (C=O) groups excluding carboxylic acids is 1. The summed E-state index contributed by atoms with van der Waals surface area (Å²) in [4.78, 5) is 28.0. The van der Waals surface area contributed by atoms with Gasteiger partial charge in [-0.3, -0.25) is 9.36 Å². The summed E-state index contributed by atoms with van der Waals surface area (Å²) in [5.74, 6) is 1.53. The van der Waals surface area contributed by atoms with Crippen molar-refractivity contribution < 1.29 is 9.53 Å². The van der Waals surface area contributed by atoms with Crippen LogP contribution in [0.4, 0.5) is 11.6 Å². The van der Waals surface area contributed by atoms with Crippen molar-refractivity contribution in [2.24, 2.45) is 0 Å². The molecule has 8 heteroatoms. The molecule has 2 unspecified atom stereocenters. The van der Waals surface area contributed by atoms with Crippen LogP contribution in [0.3, 0.4) is 0 Å². The van der Waals surface area contributed by atoms with Crippen LogP contribution in [0.25, 0.3) is 11.2 Å². The monoisotopic (exact) mass is 520 g/mol. The Morgan fingerprint density at radius 2 is 1.66 bits per heavy atom. The van der Waals surface area contributed by atoms with Gasteiger partial charge in [-0.2, -0.15) is 0 Å². The van der Waals surface area contributed by atoms with Crippen molar-refractivity contribution in [3.05, 3.63) is 42.1 Å². The molecule has 0 aliphatic carbocycles. The molecule has 1 aliphatic heterocycles. The van der Waals surface area contributed by atoms with E-state index in [4.69, 9.17) is 14.7 Å². The number of rotatable bonds is 12. The van der Waals surface area contributed by atoms with E-state index < -0.39 is 0 Å². The molecule has 1 aromatic carbocycles. The second-order valence-corrected chi connectivity index (χ2v) is 10.5. The predicted molar refractivity (Wildman–Crippen MR) is 154 cm³/mol. The fourth-order valence-electron chi connectivity index (χ4n) is 5.23. The van der Waals surface area contributed by atoms with Crippen molar-refractivity contribution in [2.45, 2.75) is 84.8 Å². The topological polar surface area (TPSA) is 75.5 Å². The molecule has 2 aromatic heterocycles. The van der Waals surface area contributed by atoms with Gasteiger partial charge in [0, 0.05) is 24.3 Å². The van der Waals surface area contributed by atoms with Crippen LogP contribution in [0.15, 0.2) is 36.4 Å². The lowest BCUT2D eigenvalue weighted by atomic mass is 10.1. The largest absolute Gasteiger partial charge is 0.497 e. The summed E-state index contributed by atoms with van der Waals surface area (Å²) >= 11 is 0. The highest BCUT2D eigenvalue weighted by Gasteiger charge is 2.26. The first-order valence-electron chi connectivity index (χ1n) is 14.3. The smallest absolute Gasteiger partial charge is 0.273 e. The Kier molecular flexibility index (Phi) is 9.61. The van der Waals surface area contributed by atoms with Gasteiger partial charge < -0.3 is 19.9 Å². The molecular formula is C30H44N6O2. The zero-order chi connectivity index (χ0) is 27.1. The first-order chi connectivity index (χ1) is 18.4. The number of fused-ring (bicyclic) bond motifs is 1. The minimum atomic E-state index is -0.0127. The molecule has 4 rings (SSSR count). The summed E-state index contributed by atoms with van der Waals surface area (Å²) in [6, 6.07) is 11.9. The zero-order valence-electron chi connectivity index (χ0n) is 23.7. The number of methoxy groups -OCH3 is 1. The van der Waals surface area contributed by atoms with E-state index >= 15 is 0 Å². The molecule has 2 atom stereocenters. The fraction of sp³-hybridized carbons (Fsp3) is 0.567. The van der Waals surface area contributed by atoms with E-state index in [9.17, 15) is 4.79 Å². The van der Waals surface area contributed by atoms with Crippen LogP contribution >= 0.6 is 0 Å². The van der Waals surface area contributed by atoms with Gasteiger partial charge in [0.2, 0.25) is 5.95 Å². The SMILES string of the molecule is CCC(C)N(C(=O)c1ccc2nc(Nc3ccc(OC)cc3)n(CCCN3CCCCC3)c2n1)C(C)CC. The van der Waals surface area contributed by atoms with Crippen LogP contribution in [0.2, 0.25) is 0 Å². The Morgan fingerprint density at radius 3 is 2.29 bits per heavy atom. The number of piperidine rings is 1. The van der Waals surface area contributed by atoms with Gasteiger partial charge in [0.1, 0.15) is 17.0 Å². The highest BCUT2D eigenvalue weighted by Crippen LogP contribution is 2.25. The molecule has 38 heavy (non-hydrogen) atoms. The van der Waals surface area contributed by atoms with Crippen molar-refractivity contribution in [3.8, 4) is 5.75 Å². The van der Waals surface area contributed by atoms with Gasteiger partial charge in [-0.25, -0.2) is 9.97 Å². The van der Waals surface area contributed by atoms with Crippen LogP contribution in [0.5, 0.6) is 5.75 Å². The third kappa shape index (κ3) is 6.46. The molecule has 0 spiro atoms. The van der Waals surface area contributed by atoms with Crippen molar-refractivity contribution in [1.82, 2.24) is 24.3 Å². The van der Waals surface area contributed by atoms with Crippen molar-refractivity contribution in [2.75, 3.05) is 32.1 Å². The quantitative estimate of drug-likeness (QED) is 0.311. The number of hydrogen-bond donors (Lipinski definition) is 1. The number of imidazole rings is 1. The van der Waals surface area contributed by atoms with Gasteiger partial charge >= 0.3 is 0 Å². The third-order valence-electron chi connectivity index (χ3n) is 7.83. The van der Waals surface area contributed by atoms with E-state index in [0.29, 0.717) is 5.69 Å². The highest BCUT2D eigenvalue weighted by atomic mass is 16.5. The van der Waals surface area contributed by atoms with Crippen molar-refractivity contribution >= 4 is 28.7 Å². The van der Waals surface area contributed by atoms with Crippen molar-refractivity contribution in [3.63, 3.8) is 0 Å². The number of carbonyl (C=O) groups is 1. The minimum absolute atomic E-state index is 0.0127. The number of amides is 1. The Bertz CT molecular complexity index is 1180. The standard InChI is InChI=1S/C30H44N6O2/c1-6-22(3)36(23(4)7-2)29(37)27-17-16-26-28(32-27)35(21-11-20-34-18-9-8-10-19-34)30(33-26)31-24-12-14-25(38-5)15-13-24/h12-17,22-23H,6-11,18-21H2,1-5H3,(H,31,33). The number of aryl methyl sites for hydroxylation is 1. The molecule has 1 N–H and O–H groups in total. The first kappa shape index (κ1) is 27.9. The van der Waals surface area contributed by atoms with Gasteiger partial charge in [0.15, 0.2) is 5.65 Å². The van der Waals surface area contributed by atoms with Crippen LogP contribution in [0, 0.1) is 0 Å². The van der Waals surface area contributed by atoms with Crippen LogP contribution in [-0.2, 0) is 6.54 Å². The maximum Gasteiger partial charge on any atom is 0.273 e. The number of ether oxygens (including phenoxy) is 1. The molecule has 3 heterocycles. The Balaban J connectivity index is 1.65. The van der Waals surface area contributed by atoms with Gasteiger partial charge in [0.25, 0.3) is 5.91 Å². The molecule has 0 bridgehead atoms. The molecule has 1 aliphatic rings. The van der Waals surface area contributed by atoms with Gasteiger partial charge in [-0.05, 0) is 102 Å². The lowest BCUT2D eigenvalue weighted by Gasteiger charge is -2.33. The summed E-state index contributed by atoms with van der Waals surface area (Å²) in [5, 5.41) is 3.48. The van der Waals surface area contributed by atoms with Crippen molar-refractivity contribution in [1.29, 1.82) is 0 Å². The molecule has 1 saturated heterocycles. The van der Waals surface area contributed by atoms with E-state index in [0.717, 1.165) is 60.9 Å². The lowest BCUT2D eigenvalue weighted by molar-refractivity contribution is 0.0592. The minimum Gasteiger partial charge on any atom is -0.497 e. The molecule has 8 nitrogen and oxygen atoms in total. The second kappa shape index (κ2) is 13.1. The first-order valence-corrected chi connectivity index (χ1v) is 14.3. The zero-order valence-corrected chi connectivity index (χ0v) is 23.7. The summed E-state index contributed by atoms with van der Waals surface area (Å²) < 4.78 is 7.44. The maximum absolute atomic E-state index is 13.7. The van der Waals surface area contributed by atoms with E-state index in [1.165, 1.54) is 32.4 Å². The summed E-state index contributed by atoms with van der Waals surface area (Å²) in [6.07, 6.45) is 6.71. The molecule has 206 valence electrons. The van der Waals surface area contributed by atoms with Gasteiger partial charge in [-0.15, -0.1) is 0 Å². The molecule has 0 radical (unpaired) electrons. The molecule has 1 fully saturated rings. The number of pyridine rings is 1. The van der Waals surface area contributed by atoms with Crippen LogP contribution in [0.1, 0.15) is 76.7 Å². The average molecular weight is 521 g/mol. The van der Waals surface area contributed by atoms with E-state index in [1.807, 2.05) is 41.3 Å². The highest BCUT2D eigenvalue weighted by molar-refractivity contribution is 5.94. The van der Waals surface area contributed by atoms with Crippen LogP contribution < -0.4 is 10.1 Å². The number of likely N-dealkylation sites (tertiary alicyclic amines) is 1. The number of hydrogen-bond acceptors (Lipinski definition) is 6. The molecule has 0 saturated carbocycles. The molecule has 3 aromatic rings. The maximum atomic E-state index is 13.7. The second-order valence-electron chi connectivity index (χ2n) is 10.5. The number of nitrogens with one attached hydrogen (secondary N) is 1. The summed E-state index contributed by atoms with van der Waals surface area (Å²) in [6.45, 7) is 12.7. The Hall–Kier alpha value is -3.13. The summed E-state index contributed by atoms with van der Waals surface area (Å²) in [7, 11) is 1.67. The van der Waals surface area contributed by atoms with Gasteiger partial charge in [0.05, 0.1) is 7.11 Å². The van der Waals surface area contributed by atoms with E-state index in [2.05, 4.69) is 42.5 Å².